The number of carboxylic acid groups (broad SMARTS) is 1. The Balaban J connectivity index is 2.65. The molecule has 0 fully saturated rings. The standard InChI is InChI=1S/C6H7NO3/c8-5-2-1-4(3-7-5)6(9)10/h3H,1-2H2,(H,7,8)(H,9,10). The van der Waals surface area contributed by atoms with Crippen LogP contribution in [0.2, 0.25) is 0 Å². The minimum Gasteiger partial charge on any atom is -0.478 e. The van der Waals surface area contributed by atoms with Crippen LogP contribution >= 0.6 is 0 Å². The second kappa shape index (κ2) is 2.51. The summed E-state index contributed by atoms with van der Waals surface area (Å²) in [5, 5.41) is 10.7. The summed E-state index contributed by atoms with van der Waals surface area (Å²) in [5.41, 5.74) is 0.264. The second-order valence-electron chi connectivity index (χ2n) is 2.04. The van der Waals surface area contributed by atoms with Crippen LogP contribution in [0.1, 0.15) is 12.8 Å². The SMILES string of the molecule is O=C1CCC(C(=O)O)=CN1. The molecule has 1 amide bonds. The first-order valence-corrected chi connectivity index (χ1v) is 2.92. The van der Waals surface area contributed by atoms with Gasteiger partial charge in [-0.2, -0.15) is 0 Å². The first kappa shape index (κ1) is 6.80. The first-order chi connectivity index (χ1) is 4.70. The number of carbonyl (C=O) groups excluding carboxylic acids is 1. The fraction of sp³-hybridized carbons (Fsp3) is 0.333. The normalized spacial score (nSPS) is 17.6. The fourth-order valence-corrected chi connectivity index (χ4v) is 0.729. The van der Waals surface area contributed by atoms with Crippen LogP contribution in [0.15, 0.2) is 11.8 Å². The average Bonchev–Trinajstić information content (AvgIpc) is 1.88. The molecular weight excluding hydrogens is 134 g/mol. The highest BCUT2D eigenvalue weighted by Crippen LogP contribution is 2.07. The minimum absolute atomic E-state index is 0.120. The number of rotatable bonds is 1. The third-order valence-electron chi connectivity index (χ3n) is 1.30. The molecule has 0 radical (unpaired) electrons. The number of hydrogen-bond acceptors (Lipinski definition) is 2. The first-order valence-electron chi connectivity index (χ1n) is 2.92. The van der Waals surface area contributed by atoms with E-state index in [0.29, 0.717) is 6.42 Å². The second-order valence-corrected chi connectivity index (χ2v) is 2.04. The highest BCUT2D eigenvalue weighted by molar-refractivity contribution is 5.90. The van der Waals surface area contributed by atoms with E-state index >= 15 is 0 Å². The van der Waals surface area contributed by atoms with Crippen LogP contribution in [0.25, 0.3) is 0 Å². The van der Waals surface area contributed by atoms with Gasteiger partial charge in [0, 0.05) is 12.6 Å². The molecule has 1 aliphatic heterocycles. The van der Waals surface area contributed by atoms with E-state index in [0.717, 1.165) is 0 Å². The summed E-state index contributed by atoms with van der Waals surface area (Å²) < 4.78 is 0. The number of aliphatic carboxylic acids is 1. The molecule has 1 aliphatic rings. The molecule has 1 heterocycles. The number of nitrogens with one attached hydrogen (secondary N) is 1. The van der Waals surface area contributed by atoms with Crippen molar-refractivity contribution in [1.82, 2.24) is 5.32 Å². The van der Waals surface area contributed by atoms with Crippen LogP contribution in [0.5, 0.6) is 0 Å². The Morgan fingerprint density at radius 2 is 2.30 bits per heavy atom. The third-order valence-corrected chi connectivity index (χ3v) is 1.30. The lowest BCUT2D eigenvalue weighted by Crippen LogP contribution is -2.23. The van der Waals surface area contributed by atoms with E-state index in [4.69, 9.17) is 5.11 Å². The zero-order chi connectivity index (χ0) is 7.56. The van der Waals surface area contributed by atoms with Crippen molar-refractivity contribution >= 4 is 11.9 Å². The van der Waals surface area contributed by atoms with Gasteiger partial charge in [0.15, 0.2) is 0 Å². The van der Waals surface area contributed by atoms with Gasteiger partial charge in [-0.1, -0.05) is 0 Å². The maximum atomic E-state index is 10.5. The van der Waals surface area contributed by atoms with Gasteiger partial charge in [0.05, 0.1) is 5.57 Å². The molecule has 1 rings (SSSR count). The van der Waals surface area contributed by atoms with Gasteiger partial charge < -0.3 is 10.4 Å². The molecule has 0 aromatic carbocycles. The van der Waals surface area contributed by atoms with Crippen molar-refractivity contribution in [2.75, 3.05) is 0 Å². The number of carbonyl (C=O) groups is 2. The van der Waals surface area contributed by atoms with E-state index in [-0.39, 0.29) is 17.9 Å². The molecule has 4 heteroatoms. The smallest absolute Gasteiger partial charge is 0.333 e. The molecule has 0 saturated heterocycles. The summed E-state index contributed by atoms with van der Waals surface area (Å²) in [6.45, 7) is 0. The summed E-state index contributed by atoms with van der Waals surface area (Å²) >= 11 is 0. The highest BCUT2D eigenvalue weighted by atomic mass is 16.4. The Bertz CT molecular complexity index is 207. The van der Waals surface area contributed by atoms with Gasteiger partial charge in [-0.05, 0) is 6.42 Å². The largest absolute Gasteiger partial charge is 0.478 e. The Labute approximate surface area is 57.5 Å². The molecule has 0 aromatic rings. The van der Waals surface area contributed by atoms with Crippen molar-refractivity contribution in [2.24, 2.45) is 0 Å². The molecule has 0 bridgehead atoms. The van der Waals surface area contributed by atoms with E-state index in [9.17, 15) is 9.59 Å². The Morgan fingerprint density at radius 3 is 2.70 bits per heavy atom. The van der Waals surface area contributed by atoms with Crippen molar-refractivity contribution < 1.29 is 14.7 Å². The monoisotopic (exact) mass is 141 g/mol. The molecule has 0 spiro atoms. The average molecular weight is 141 g/mol. The summed E-state index contributed by atoms with van der Waals surface area (Å²) in [7, 11) is 0. The number of hydrogen-bond donors (Lipinski definition) is 2. The minimum atomic E-state index is -0.958. The van der Waals surface area contributed by atoms with E-state index < -0.39 is 5.97 Å². The van der Waals surface area contributed by atoms with Gasteiger partial charge in [-0.3, -0.25) is 4.79 Å². The van der Waals surface area contributed by atoms with Crippen LogP contribution in [-0.4, -0.2) is 17.0 Å². The third kappa shape index (κ3) is 1.34. The molecule has 2 N–H and O–H groups in total. The van der Waals surface area contributed by atoms with Gasteiger partial charge >= 0.3 is 5.97 Å². The van der Waals surface area contributed by atoms with Crippen LogP contribution in [0, 0.1) is 0 Å². The lowest BCUT2D eigenvalue weighted by Gasteiger charge is -2.08. The molecule has 4 nitrogen and oxygen atoms in total. The lowest BCUT2D eigenvalue weighted by atomic mass is 10.1. The van der Waals surface area contributed by atoms with Crippen LogP contribution in [-0.2, 0) is 9.59 Å². The van der Waals surface area contributed by atoms with Gasteiger partial charge in [-0.25, -0.2) is 4.79 Å². The topological polar surface area (TPSA) is 66.4 Å². The molecule has 10 heavy (non-hydrogen) atoms. The molecule has 0 aromatic heterocycles. The number of amides is 1. The lowest BCUT2D eigenvalue weighted by molar-refractivity contribution is -0.133. The molecule has 0 atom stereocenters. The predicted molar refractivity (Wildman–Crippen MR) is 33.1 cm³/mol. The molecule has 0 aliphatic carbocycles. The van der Waals surface area contributed by atoms with Crippen molar-refractivity contribution in [3.05, 3.63) is 11.8 Å². The number of carboxylic acids is 1. The molecule has 0 saturated carbocycles. The molecule has 54 valence electrons. The Morgan fingerprint density at radius 1 is 1.60 bits per heavy atom. The van der Waals surface area contributed by atoms with Gasteiger partial charge in [0.2, 0.25) is 5.91 Å². The highest BCUT2D eigenvalue weighted by Gasteiger charge is 2.14. The summed E-state index contributed by atoms with van der Waals surface area (Å²) in [4.78, 5) is 20.7. The van der Waals surface area contributed by atoms with E-state index in [1.807, 2.05) is 0 Å². The Hall–Kier alpha value is -1.32. The van der Waals surface area contributed by atoms with Crippen LogP contribution < -0.4 is 5.32 Å². The zero-order valence-corrected chi connectivity index (χ0v) is 5.26. The van der Waals surface area contributed by atoms with Crippen molar-refractivity contribution in [1.29, 1.82) is 0 Å². The summed E-state index contributed by atoms with van der Waals surface area (Å²) in [6.07, 6.45) is 1.85. The van der Waals surface area contributed by atoms with Gasteiger partial charge in [-0.15, -0.1) is 0 Å². The molecule has 0 unspecified atom stereocenters. The maximum absolute atomic E-state index is 10.5. The Kier molecular flexibility index (Phi) is 1.71. The zero-order valence-electron chi connectivity index (χ0n) is 5.26. The molecular formula is C6H7NO3. The van der Waals surface area contributed by atoms with E-state index in [1.165, 1.54) is 6.20 Å². The van der Waals surface area contributed by atoms with Crippen molar-refractivity contribution in [2.45, 2.75) is 12.8 Å². The fourth-order valence-electron chi connectivity index (χ4n) is 0.729. The van der Waals surface area contributed by atoms with Crippen molar-refractivity contribution in [3.8, 4) is 0 Å². The van der Waals surface area contributed by atoms with Crippen molar-refractivity contribution in [3.63, 3.8) is 0 Å². The predicted octanol–water partition coefficient (Wildman–Crippen LogP) is -0.135. The quantitative estimate of drug-likeness (QED) is 0.534. The summed E-state index contributed by atoms with van der Waals surface area (Å²) in [6, 6.07) is 0. The van der Waals surface area contributed by atoms with Crippen LogP contribution in [0.3, 0.4) is 0 Å². The van der Waals surface area contributed by atoms with Crippen LogP contribution in [0.4, 0.5) is 0 Å². The van der Waals surface area contributed by atoms with Gasteiger partial charge in [0.1, 0.15) is 0 Å². The maximum Gasteiger partial charge on any atom is 0.333 e. The van der Waals surface area contributed by atoms with E-state index in [1.54, 1.807) is 0 Å². The van der Waals surface area contributed by atoms with E-state index in [2.05, 4.69) is 5.32 Å². The summed E-state index contributed by atoms with van der Waals surface area (Å²) in [5.74, 6) is -1.08. The van der Waals surface area contributed by atoms with Gasteiger partial charge in [0.25, 0.3) is 0 Å².